The summed E-state index contributed by atoms with van der Waals surface area (Å²) in [6.07, 6.45) is 4.00. The number of rotatable bonds is 2. The third-order valence-corrected chi connectivity index (χ3v) is 3.70. The second-order valence-corrected chi connectivity index (χ2v) is 4.72. The van der Waals surface area contributed by atoms with Crippen molar-refractivity contribution in [1.29, 1.82) is 0 Å². The highest BCUT2D eigenvalue weighted by atomic mass is 16.3. The Hall–Kier alpha value is -0.610. The van der Waals surface area contributed by atoms with Crippen LogP contribution < -0.4 is 5.32 Å². The third kappa shape index (κ3) is 2.16. The number of carbonyl (C=O) groups excluding carboxylic acids is 1. The molecule has 2 N–H and O–H groups in total. The lowest BCUT2D eigenvalue weighted by Gasteiger charge is -2.28. The van der Waals surface area contributed by atoms with Crippen molar-refractivity contribution in [2.75, 3.05) is 20.1 Å². The van der Waals surface area contributed by atoms with Gasteiger partial charge in [-0.25, -0.2) is 0 Å². The van der Waals surface area contributed by atoms with E-state index < -0.39 is 6.10 Å². The van der Waals surface area contributed by atoms with Gasteiger partial charge in [0.2, 0.25) is 5.91 Å². The Kier molecular flexibility index (Phi) is 3.26. The first-order chi connectivity index (χ1) is 7.20. The van der Waals surface area contributed by atoms with Crippen LogP contribution in [0.5, 0.6) is 0 Å². The highest BCUT2D eigenvalue weighted by Gasteiger charge is 2.34. The highest BCUT2D eigenvalue weighted by Crippen LogP contribution is 2.27. The summed E-state index contributed by atoms with van der Waals surface area (Å²) in [4.78, 5) is 13.8. The first-order valence-corrected chi connectivity index (χ1v) is 5.85. The molecule has 4 nitrogen and oxygen atoms in total. The SMILES string of the molecule is CN(C(=O)C1CCCC1)[C@@H]1CNC[C@H]1O. The second kappa shape index (κ2) is 4.49. The van der Waals surface area contributed by atoms with Crippen molar-refractivity contribution in [2.45, 2.75) is 37.8 Å². The van der Waals surface area contributed by atoms with E-state index in [1.54, 1.807) is 4.90 Å². The van der Waals surface area contributed by atoms with Crippen molar-refractivity contribution >= 4 is 5.91 Å². The van der Waals surface area contributed by atoms with Crippen LogP contribution in [0.1, 0.15) is 25.7 Å². The summed E-state index contributed by atoms with van der Waals surface area (Å²) in [6.45, 7) is 1.32. The first kappa shape index (κ1) is 10.9. The molecule has 1 saturated carbocycles. The van der Waals surface area contributed by atoms with Crippen LogP contribution in [0.25, 0.3) is 0 Å². The summed E-state index contributed by atoms with van der Waals surface area (Å²) < 4.78 is 0. The van der Waals surface area contributed by atoms with Crippen LogP contribution in [0.4, 0.5) is 0 Å². The maximum Gasteiger partial charge on any atom is 0.225 e. The van der Waals surface area contributed by atoms with Crippen LogP contribution in [-0.4, -0.2) is 48.2 Å². The van der Waals surface area contributed by atoms with Crippen LogP contribution in [0, 0.1) is 5.92 Å². The molecule has 2 aliphatic rings. The van der Waals surface area contributed by atoms with Crippen molar-refractivity contribution in [3.05, 3.63) is 0 Å². The minimum absolute atomic E-state index is 0.0295. The van der Waals surface area contributed by atoms with E-state index in [2.05, 4.69) is 5.32 Å². The van der Waals surface area contributed by atoms with Crippen molar-refractivity contribution in [2.24, 2.45) is 5.92 Å². The summed E-state index contributed by atoms with van der Waals surface area (Å²) in [7, 11) is 1.82. The van der Waals surface area contributed by atoms with E-state index in [0.29, 0.717) is 6.54 Å². The zero-order valence-corrected chi connectivity index (χ0v) is 9.28. The van der Waals surface area contributed by atoms with E-state index in [0.717, 1.165) is 19.4 Å². The zero-order valence-electron chi connectivity index (χ0n) is 9.28. The summed E-state index contributed by atoms with van der Waals surface area (Å²) in [5.41, 5.74) is 0. The average molecular weight is 212 g/mol. The van der Waals surface area contributed by atoms with Crippen LogP contribution in [0.3, 0.4) is 0 Å². The van der Waals surface area contributed by atoms with Crippen molar-refractivity contribution in [3.8, 4) is 0 Å². The molecular weight excluding hydrogens is 192 g/mol. The molecule has 0 aromatic heterocycles. The molecule has 0 radical (unpaired) electrons. The van der Waals surface area contributed by atoms with Gasteiger partial charge in [-0.3, -0.25) is 4.79 Å². The van der Waals surface area contributed by atoms with E-state index in [1.165, 1.54) is 12.8 Å². The number of hydrogen-bond donors (Lipinski definition) is 2. The standard InChI is InChI=1S/C11H20N2O2/c1-13(9-6-12-7-10(9)14)11(15)8-4-2-3-5-8/h8-10,12,14H,2-7H2,1H3/t9-,10-/m1/s1. The molecule has 1 aliphatic carbocycles. The fraction of sp³-hybridized carbons (Fsp3) is 0.909. The lowest BCUT2D eigenvalue weighted by atomic mass is 10.0. The summed E-state index contributed by atoms with van der Waals surface area (Å²) in [6, 6.07) is -0.0295. The number of aliphatic hydroxyl groups is 1. The normalized spacial score (nSPS) is 32.1. The van der Waals surface area contributed by atoms with Gasteiger partial charge in [-0.15, -0.1) is 0 Å². The zero-order chi connectivity index (χ0) is 10.8. The molecule has 0 unspecified atom stereocenters. The van der Waals surface area contributed by atoms with E-state index in [-0.39, 0.29) is 17.9 Å². The van der Waals surface area contributed by atoms with Gasteiger partial charge in [0.15, 0.2) is 0 Å². The predicted molar refractivity (Wildman–Crippen MR) is 57.4 cm³/mol. The quantitative estimate of drug-likeness (QED) is 0.676. The van der Waals surface area contributed by atoms with Crippen molar-refractivity contribution in [3.63, 3.8) is 0 Å². The lowest BCUT2D eigenvalue weighted by Crippen LogP contribution is -2.46. The van der Waals surface area contributed by atoms with E-state index >= 15 is 0 Å². The smallest absolute Gasteiger partial charge is 0.225 e. The fourth-order valence-electron chi connectivity index (χ4n) is 2.67. The van der Waals surface area contributed by atoms with Crippen LogP contribution >= 0.6 is 0 Å². The van der Waals surface area contributed by atoms with Gasteiger partial charge in [-0.05, 0) is 12.8 Å². The molecule has 4 heteroatoms. The van der Waals surface area contributed by atoms with Gasteiger partial charge in [0.05, 0.1) is 12.1 Å². The molecule has 1 amide bonds. The van der Waals surface area contributed by atoms with Crippen LogP contribution in [-0.2, 0) is 4.79 Å². The molecule has 15 heavy (non-hydrogen) atoms. The van der Waals surface area contributed by atoms with Gasteiger partial charge in [-0.1, -0.05) is 12.8 Å². The number of β-amino-alcohol motifs (C(OH)–C–C–N with tert-alkyl or cyclic N) is 1. The Morgan fingerprint density at radius 3 is 2.53 bits per heavy atom. The molecule has 2 rings (SSSR count). The van der Waals surface area contributed by atoms with Crippen molar-refractivity contribution < 1.29 is 9.90 Å². The molecule has 0 spiro atoms. The molecule has 1 aliphatic heterocycles. The Bertz CT molecular complexity index is 239. The van der Waals surface area contributed by atoms with E-state index in [4.69, 9.17) is 0 Å². The number of hydrogen-bond acceptors (Lipinski definition) is 3. The third-order valence-electron chi connectivity index (χ3n) is 3.70. The molecule has 1 saturated heterocycles. The molecule has 1 heterocycles. The topological polar surface area (TPSA) is 52.6 Å². The number of nitrogens with one attached hydrogen (secondary N) is 1. The molecular formula is C11H20N2O2. The Morgan fingerprint density at radius 1 is 1.33 bits per heavy atom. The van der Waals surface area contributed by atoms with E-state index in [9.17, 15) is 9.90 Å². The van der Waals surface area contributed by atoms with Gasteiger partial charge >= 0.3 is 0 Å². The lowest BCUT2D eigenvalue weighted by molar-refractivity contribution is -0.137. The number of aliphatic hydroxyl groups excluding tert-OH is 1. The number of carbonyl (C=O) groups is 1. The minimum atomic E-state index is -0.402. The molecule has 2 fully saturated rings. The highest BCUT2D eigenvalue weighted by molar-refractivity contribution is 5.79. The summed E-state index contributed by atoms with van der Waals surface area (Å²) >= 11 is 0. The van der Waals surface area contributed by atoms with E-state index in [1.807, 2.05) is 7.05 Å². The van der Waals surface area contributed by atoms with Gasteiger partial charge < -0.3 is 15.3 Å². The molecule has 0 aromatic carbocycles. The number of amides is 1. The predicted octanol–water partition coefficient (Wildman–Crippen LogP) is -0.0323. The monoisotopic (exact) mass is 212 g/mol. The Balaban J connectivity index is 1.94. The first-order valence-electron chi connectivity index (χ1n) is 5.85. The average Bonchev–Trinajstić information content (AvgIpc) is 2.85. The fourth-order valence-corrected chi connectivity index (χ4v) is 2.67. The molecule has 2 atom stereocenters. The Morgan fingerprint density at radius 2 is 2.00 bits per heavy atom. The second-order valence-electron chi connectivity index (χ2n) is 4.72. The van der Waals surface area contributed by atoms with Gasteiger partial charge in [0.25, 0.3) is 0 Å². The maximum atomic E-state index is 12.1. The maximum absolute atomic E-state index is 12.1. The summed E-state index contributed by atoms with van der Waals surface area (Å²) in [5, 5.41) is 12.8. The van der Waals surface area contributed by atoms with Crippen LogP contribution in [0.2, 0.25) is 0 Å². The van der Waals surface area contributed by atoms with Gasteiger partial charge in [-0.2, -0.15) is 0 Å². The van der Waals surface area contributed by atoms with Gasteiger partial charge in [0, 0.05) is 26.1 Å². The molecule has 0 bridgehead atoms. The van der Waals surface area contributed by atoms with Gasteiger partial charge in [0.1, 0.15) is 0 Å². The largest absolute Gasteiger partial charge is 0.390 e. The minimum Gasteiger partial charge on any atom is -0.390 e. The molecule has 86 valence electrons. The Labute approximate surface area is 90.6 Å². The number of nitrogens with zero attached hydrogens (tertiary/aromatic N) is 1. The van der Waals surface area contributed by atoms with Crippen LogP contribution in [0.15, 0.2) is 0 Å². The van der Waals surface area contributed by atoms with Crippen molar-refractivity contribution in [1.82, 2.24) is 10.2 Å². The summed E-state index contributed by atoms with van der Waals surface area (Å²) in [5.74, 6) is 0.433. The molecule has 0 aromatic rings. The number of likely N-dealkylation sites (N-methyl/N-ethyl adjacent to an activating group) is 1.